The van der Waals surface area contributed by atoms with Crippen LogP contribution in [0.5, 0.6) is 5.75 Å². The van der Waals surface area contributed by atoms with Crippen LogP contribution in [-0.4, -0.2) is 43.0 Å². The summed E-state index contributed by atoms with van der Waals surface area (Å²) in [5.74, 6) is 0.360. The van der Waals surface area contributed by atoms with Crippen LogP contribution in [0.4, 0.5) is 4.79 Å². The highest BCUT2D eigenvalue weighted by Crippen LogP contribution is 2.68. The van der Waals surface area contributed by atoms with Gasteiger partial charge < -0.3 is 23.8 Å². The number of nitrogens with one attached hydrogen (secondary N) is 1. The van der Waals surface area contributed by atoms with E-state index >= 15 is 0 Å². The summed E-state index contributed by atoms with van der Waals surface area (Å²) in [7, 11) is -2.41. The van der Waals surface area contributed by atoms with Crippen molar-refractivity contribution in [2.75, 3.05) is 20.3 Å². The van der Waals surface area contributed by atoms with Gasteiger partial charge in [0.1, 0.15) is 11.4 Å². The molecule has 0 unspecified atom stereocenters. The number of ether oxygens (including phenoxy) is 2. The van der Waals surface area contributed by atoms with Crippen molar-refractivity contribution in [1.82, 2.24) is 5.32 Å². The largest absolute Gasteiger partial charge is 0.497 e. The summed E-state index contributed by atoms with van der Waals surface area (Å²) in [6.07, 6.45) is 0.292. The van der Waals surface area contributed by atoms with Gasteiger partial charge in [0, 0.05) is 6.42 Å². The molecule has 1 aromatic rings. The van der Waals surface area contributed by atoms with Gasteiger partial charge in [0.2, 0.25) is 0 Å². The van der Waals surface area contributed by atoms with Crippen LogP contribution in [-0.2, 0) is 23.1 Å². The van der Waals surface area contributed by atoms with Crippen LogP contribution in [0.15, 0.2) is 24.3 Å². The Morgan fingerprint density at radius 1 is 1.16 bits per heavy atom. The molecule has 1 aromatic carbocycles. The zero-order valence-corrected chi connectivity index (χ0v) is 20.1. The highest BCUT2D eigenvalue weighted by Gasteiger charge is 2.63. The van der Waals surface area contributed by atoms with Gasteiger partial charge >= 0.3 is 13.7 Å². The van der Waals surface area contributed by atoms with E-state index in [0.717, 1.165) is 0 Å². The van der Waals surface area contributed by atoms with Gasteiger partial charge in [-0.15, -0.1) is 0 Å². The molecule has 1 aliphatic rings. The summed E-state index contributed by atoms with van der Waals surface area (Å²) in [6.45, 7) is 8.84. The second-order valence-corrected chi connectivity index (χ2v) is 10.7. The van der Waals surface area contributed by atoms with E-state index in [0.29, 0.717) is 17.7 Å². The SMILES string of the molecule is CCOP(=O)(OCC)[C@]1([C@H](NC(=O)OC(C)(C)C)c2ccc(OC)cc2)CCCC1=O. The average molecular weight is 455 g/mol. The quantitative estimate of drug-likeness (QED) is 0.522. The lowest BCUT2D eigenvalue weighted by molar-refractivity contribution is -0.120. The Hall–Kier alpha value is -1.89. The van der Waals surface area contributed by atoms with Crippen LogP contribution in [0.1, 0.15) is 65.5 Å². The second kappa shape index (κ2) is 10.2. The predicted molar refractivity (Wildman–Crippen MR) is 118 cm³/mol. The molecule has 1 fully saturated rings. The molecule has 1 saturated carbocycles. The van der Waals surface area contributed by atoms with Crippen LogP contribution in [0.2, 0.25) is 0 Å². The van der Waals surface area contributed by atoms with Gasteiger partial charge in [-0.05, 0) is 65.2 Å². The van der Waals surface area contributed by atoms with Gasteiger partial charge in [0.25, 0.3) is 0 Å². The molecule has 1 N–H and O–H groups in total. The van der Waals surface area contributed by atoms with Gasteiger partial charge in [0.15, 0.2) is 10.9 Å². The van der Waals surface area contributed by atoms with E-state index in [9.17, 15) is 14.2 Å². The molecule has 2 rings (SSSR count). The normalized spacial score (nSPS) is 20.4. The van der Waals surface area contributed by atoms with Crippen molar-refractivity contribution in [3.8, 4) is 5.75 Å². The fourth-order valence-corrected chi connectivity index (χ4v) is 6.53. The minimum atomic E-state index is -3.95. The molecule has 0 saturated heterocycles. The summed E-state index contributed by atoms with van der Waals surface area (Å²) in [4.78, 5) is 26.1. The fraction of sp³-hybridized carbons (Fsp3) is 0.636. The summed E-state index contributed by atoms with van der Waals surface area (Å²) < 4.78 is 36.1. The number of alkyl carbamates (subject to hydrolysis) is 1. The van der Waals surface area contributed by atoms with E-state index in [1.54, 1.807) is 66.0 Å². The van der Waals surface area contributed by atoms with Crippen molar-refractivity contribution in [2.24, 2.45) is 0 Å². The molecule has 0 aliphatic heterocycles. The lowest BCUT2D eigenvalue weighted by Gasteiger charge is -2.41. The smallest absolute Gasteiger partial charge is 0.408 e. The maximum Gasteiger partial charge on any atom is 0.408 e. The minimum Gasteiger partial charge on any atom is -0.497 e. The Morgan fingerprint density at radius 2 is 1.74 bits per heavy atom. The number of hydrogen-bond acceptors (Lipinski definition) is 7. The van der Waals surface area contributed by atoms with E-state index in [1.165, 1.54) is 0 Å². The van der Waals surface area contributed by atoms with Crippen molar-refractivity contribution in [3.63, 3.8) is 0 Å². The van der Waals surface area contributed by atoms with E-state index in [4.69, 9.17) is 18.5 Å². The van der Waals surface area contributed by atoms with Crippen molar-refractivity contribution in [3.05, 3.63) is 29.8 Å². The molecule has 0 radical (unpaired) electrons. The van der Waals surface area contributed by atoms with Gasteiger partial charge in [0.05, 0.1) is 26.4 Å². The average Bonchev–Trinajstić information content (AvgIpc) is 3.08. The number of Topliss-reactive ketones (excluding diaryl/α,β-unsaturated/α-hetero) is 1. The minimum absolute atomic E-state index is 0.105. The topological polar surface area (TPSA) is 100 Å². The molecule has 174 valence electrons. The van der Waals surface area contributed by atoms with Gasteiger partial charge in [-0.25, -0.2) is 4.79 Å². The molecule has 0 spiro atoms. The van der Waals surface area contributed by atoms with Crippen molar-refractivity contribution < 1.29 is 32.7 Å². The Morgan fingerprint density at radius 3 is 2.16 bits per heavy atom. The lowest BCUT2D eigenvalue weighted by Crippen LogP contribution is -2.50. The maximum absolute atomic E-state index is 14.1. The summed E-state index contributed by atoms with van der Waals surface area (Å²) in [6, 6.07) is 5.94. The molecule has 0 aromatic heterocycles. The third-order valence-corrected chi connectivity index (χ3v) is 8.02. The Bertz CT molecular complexity index is 808. The number of carbonyl (C=O) groups is 2. The summed E-state index contributed by atoms with van der Waals surface area (Å²) >= 11 is 0. The zero-order chi connectivity index (χ0) is 23.3. The van der Waals surface area contributed by atoms with Crippen LogP contribution < -0.4 is 10.1 Å². The van der Waals surface area contributed by atoms with Crippen molar-refractivity contribution in [2.45, 2.75) is 70.7 Å². The van der Waals surface area contributed by atoms with E-state index < -0.39 is 30.5 Å². The molecular weight excluding hydrogens is 421 g/mol. The van der Waals surface area contributed by atoms with Crippen molar-refractivity contribution in [1.29, 1.82) is 0 Å². The van der Waals surface area contributed by atoms with Gasteiger partial charge in [-0.3, -0.25) is 9.36 Å². The first-order chi connectivity index (χ1) is 14.5. The van der Waals surface area contributed by atoms with E-state index in [1.807, 2.05) is 0 Å². The Kier molecular flexibility index (Phi) is 8.31. The first-order valence-electron chi connectivity index (χ1n) is 10.6. The molecule has 8 nitrogen and oxygen atoms in total. The molecule has 2 atom stereocenters. The zero-order valence-electron chi connectivity index (χ0n) is 19.2. The number of carbonyl (C=O) groups excluding carboxylic acids is 2. The Labute approximate surface area is 184 Å². The number of rotatable bonds is 9. The molecule has 1 aliphatic carbocycles. The summed E-state index contributed by atoms with van der Waals surface area (Å²) in [5, 5.41) is 1.26. The van der Waals surface area contributed by atoms with E-state index in [2.05, 4.69) is 5.32 Å². The third-order valence-electron chi connectivity index (χ3n) is 5.12. The van der Waals surface area contributed by atoms with Gasteiger partial charge in [-0.2, -0.15) is 0 Å². The highest BCUT2D eigenvalue weighted by atomic mass is 31.2. The maximum atomic E-state index is 14.1. The molecule has 0 heterocycles. The van der Waals surface area contributed by atoms with Gasteiger partial charge in [-0.1, -0.05) is 12.1 Å². The first-order valence-corrected chi connectivity index (χ1v) is 12.1. The number of ketones is 1. The number of methoxy groups -OCH3 is 1. The summed E-state index contributed by atoms with van der Waals surface area (Å²) in [5.41, 5.74) is -0.160. The number of benzene rings is 1. The number of amides is 1. The molecule has 0 bridgehead atoms. The standard InChI is InChI=1S/C22H34NO7P/c1-7-28-31(26,29-8-2)22(15-9-10-18(22)24)19(23-20(25)30-21(3,4)5)16-11-13-17(27-6)14-12-16/h11-14,19H,7-10,15H2,1-6H3,(H,23,25)/t19-,22-/m1/s1. The monoisotopic (exact) mass is 455 g/mol. The van der Waals surface area contributed by atoms with Crippen LogP contribution in [0, 0.1) is 0 Å². The molecule has 31 heavy (non-hydrogen) atoms. The first kappa shape index (κ1) is 25.4. The van der Waals surface area contributed by atoms with Crippen LogP contribution in [0.25, 0.3) is 0 Å². The van der Waals surface area contributed by atoms with E-state index in [-0.39, 0.29) is 31.8 Å². The fourth-order valence-electron chi connectivity index (χ4n) is 3.94. The second-order valence-electron chi connectivity index (χ2n) is 8.39. The Balaban J connectivity index is 2.64. The highest BCUT2D eigenvalue weighted by molar-refractivity contribution is 7.57. The molecule has 9 heteroatoms. The third kappa shape index (κ3) is 5.48. The molecular formula is C22H34NO7P. The molecule has 1 amide bonds. The lowest BCUT2D eigenvalue weighted by atomic mass is 9.89. The predicted octanol–water partition coefficient (Wildman–Crippen LogP) is 5.02. The van der Waals surface area contributed by atoms with Crippen LogP contribution >= 0.6 is 7.60 Å². The number of hydrogen-bond donors (Lipinski definition) is 1. The van der Waals surface area contributed by atoms with Crippen molar-refractivity contribution >= 4 is 19.5 Å². The van der Waals surface area contributed by atoms with Crippen LogP contribution in [0.3, 0.4) is 0 Å².